The maximum Gasteiger partial charge on any atom is 0.419 e. The molecule has 1 fully saturated rings. The lowest BCUT2D eigenvalue weighted by Gasteiger charge is -2.16. The van der Waals surface area contributed by atoms with Gasteiger partial charge in [0.25, 0.3) is 0 Å². The molecule has 5 heteroatoms. The van der Waals surface area contributed by atoms with Crippen LogP contribution < -0.4 is 10.1 Å². The number of nitrogens with one attached hydrogen (secondary N) is 1. The summed E-state index contributed by atoms with van der Waals surface area (Å²) in [6, 6.07) is 4.24. The minimum Gasteiger partial charge on any atom is -0.496 e. The van der Waals surface area contributed by atoms with Gasteiger partial charge in [-0.3, -0.25) is 0 Å². The zero-order valence-electron chi connectivity index (χ0n) is 9.47. The van der Waals surface area contributed by atoms with E-state index >= 15 is 0 Å². The van der Waals surface area contributed by atoms with E-state index in [2.05, 4.69) is 5.32 Å². The van der Waals surface area contributed by atoms with Crippen molar-refractivity contribution in [2.24, 2.45) is 0 Å². The van der Waals surface area contributed by atoms with Crippen LogP contribution in [0.2, 0.25) is 0 Å². The van der Waals surface area contributed by atoms with Crippen molar-refractivity contribution in [2.45, 2.75) is 25.1 Å². The standard InChI is InChI=1S/C12H14F3NO/c1-17-11-7-8(10-3-2-6-16-10)4-5-9(11)12(13,14)15/h4-5,7,10,16H,2-3,6H2,1H3. The van der Waals surface area contributed by atoms with Gasteiger partial charge in [-0.15, -0.1) is 0 Å². The number of methoxy groups -OCH3 is 1. The van der Waals surface area contributed by atoms with Crippen LogP contribution in [0.5, 0.6) is 5.75 Å². The van der Waals surface area contributed by atoms with Crippen LogP contribution in [0.3, 0.4) is 0 Å². The number of halogens is 3. The molecular weight excluding hydrogens is 231 g/mol. The minimum absolute atomic E-state index is 0.108. The van der Waals surface area contributed by atoms with Gasteiger partial charge in [0.1, 0.15) is 5.75 Å². The van der Waals surface area contributed by atoms with Crippen LogP contribution in [0.1, 0.15) is 30.0 Å². The van der Waals surface area contributed by atoms with Crippen molar-refractivity contribution in [1.29, 1.82) is 0 Å². The first-order chi connectivity index (χ1) is 8.02. The average Bonchev–Trinajstić information content (AvgIpc) is 2.80. The van der Waals surface area contributed by atoms with Crippen LogP contribution in [0.15, 0.2) is 18.2 Å². The summed E-state index contributed by atoms with van der Waals surface area (Å²) in [6.07, 6.45) is -2.37. The smallest absolute Gasteiger partial charge is 0.419 e. The summed E-state index contributed by atoms with van der Waals surface area (Å²) in [5.41, 5.74) is 0.133. The maximum atomic E-state index is 12.6. The largest absolute Gasteiger partial charge is 0.496 e. The SMILES string of the molecule is COc1cc(C2CCCN2)ccc1C(F)(F)F. The third-order valence-corrected chi connectivity index (χ3v) is 2.99. The summed E-state index contributed by atoms with van der Waals surface area (Å²) in [5.74, 6) is -0.108. The minimum atomic E-state index is -4.37. The zero-order chi connectivity index (χ0) is 12.5. The van der Waals surface area contributed by atoms with E-state index in [1.165, 1.54) is 19.2 Å². The van der Waals surface area contributed by atoms with Gasteiger partial charge in [0.2, 0.25) is 0 Å². The highest BCUT2D eigenvalue weighted by atomic mass is 19.4. The lowest BCUT2D eigenvalue weighted by molar-refractivity contribution is -0.138. The van der Waals surface area contributed by atoms with E-state index in [9.17, 15) is 13.2 Å². The number of rotatable bonds is 2. The van der Waals surface area contributed by atoms with Gasteiger partial charge in [-0.2, -0.15) is 13.2 Å². The van der Waals surface area contributed by atoms with E-state index in [1.807, 2.05) is 0 Å². The molecule has 1 aromatic rings. The fourth-order valence-corrected chi connectivity index (χ4v) is 2.13. The Labute approximate surface area is 97.8 Å². The predicted molar refractivity (Wildman–Crippen MR) is 58.0 cm³/mol. The molecule has 0 aromatic heterocycles. The summed E-state index contributed by atoms with van der Waals surface area (Å²) >= 11 is 0. The molecule has 2 rings (SSSR count). The Balaban J connectivity index is 2.33. The van der Waals surface area contributed by atoms with E-state index in [0.29, 0.717) is 0 Å². The molecule has 1 aromatic carbocycles. The number of benzene rings is 1. The van der Waals surface area contributed by atoms with Crippen molar-refractivity contribution in [3.05, 3.63) is 29.3 Å². The Hall–Kier alpha value is -1.23. The van der Waals surface area contributed by atoms with Crippen LogP contribution in [0, 0.1) is 0 Å². The fourth-order valence-electron chi connectivity index (χ4n) is 2.13. The van der Waals surface area contributed by atoms with Gasteiger partial charge in [0, 0.05) is 6.04 Å². The molecule has 1 saturated heterocycles. The molecule has 0 amide bonds. The van der Waals surface area contributed by atoms with Crippen molar-refractivity contribution in [2.75, 3.05) is 13.7 Å². The van der Waals surface area contributed by atoms with Crippen LogP contribution in [-0.4, -0.2) is 13.7 Å². The van der Waals surface area contributed by atoms with E-state index in [0.717, 1.165) is 31.0 Å². The maximum absolute atomic E-state index is 12.6. The van der Waals surface area contributed by atoms with Crippen molar-refractivity contribution in [3.8, 4) is 5.75 Å². The molecule has 1 aliphatic rings. The van der Waals surface area contributed by atoms with Crippen molar-refractivity contribution >= 4 is 0 Å². The summed E-state index contributed by atoms with van der Waals surface area (Å²) < 4.78 is 42.8. The first kappa shape index (κ1) is 12.2. The lowest BCUT2D eigenvalue weighted by Crippen LogP contribution is -2.14. The topological polar surface area (TPSA) is 21.3 Å². The van der Waals surface area contributed by atoms with Gasteiger partial charge in [-0.25, -0.2) is 0 Å². The molecule has 94 valence electrons. The molecule has 1 atom stereocenters. The van der Waals surface area contributed by atoms with Crippen LogP contribution in [-0.2, 0) is 6.18 Å². The summed E-state index contributed by atoms with van der Waals surface area (Å²) in [4.78, 5) is 0. The molecule has 0 spiro atoms. The fraction of sp³-hybridized carbons (Fsp3) is 0.500. The van der Waals surface area contributed by atoms with E-state index < -0.39 is 11.7 Å². The Morgan fingerprint density at radius 2 is 2.12 bits per heavy atom. The first-order valence-electron chi connectivity index (χ1n) is 5.51. The highest BCUT2D eigenvalue weighted by molar-refractivity contribution is 5.40. The van der Waals surface area contributed by atoms with Crippen molar-refractivity contribution < 1.29 is 17.9 Å². The Bertz CT molecular complexity index is 397. The quantitative estimate of drug-likeness (QED) is 0.864. The number of alkyl halides is 3. The average molecular weight is 245 g/mol. The molecule has 0 radical (unpaired) electrons. The second-order valence-corrected chi connectivity index (χ2v) is 4.11. The van der Waals surface area contributed by atoms with Crippen molar-refractivity contribution in [3.63, 3.8) is 0 Å². The Morgan fingerprint density at radius 1 is 1.35 bits per heavy atom. The third-order valence-electron chi connectivity index (χ3n) is 2.99. The van der Waals surface area contributed by atoms with Gasteiger partial charge in [-0.05, 0) is 37.1 Å². The van der Waals surface area contributed by atoms with Gasteiger partial charge < -0.3 is 10.1 Å². The highest BCUT2D eigenvalue weighted by Crippen LogP contribution is 2.38. The van der Waals surface area contributed by atoms with Crippen LogP contribution >= 0.6 is 0 Å². The normalized spacial score (nSPS) is 20.6. The van der Waals surface area contributed by atoms with Gasteiger partial charge in [0.05, 0.1) is 12.7 Å². The first-order valence-corrected chi connectivity index (χ1v) is 5.51. The molecule has 0 aliphatic carbocycles. The van der Waals surface area contributed by atoms with E-state index in [-0.39, 0.29) is 11.8 Å². The Kier molecular flexibility index (Phi) is 3.28. The van der Waals surface area contributed by atoms with Crippen LogP contribution in [0.25, 0.3) is 0 Å². The molecule has 2 nitrogen and oxygen atoms in total. The second kappa shape index (κ2) is 4.56. The predicted octanol–water partition coefficient (Wildman–Crippen LogP) is 3.14. The monoisotopic (exact) mass is 245 g/mol. The number of hydrogen-bond acceptors (Lipinski definition) is 2. The zero-order valence-corrected chi connectivity index (χ0v) is 9.47. The molecule has 0 bridgehead atoms. The van der Waals surface area contributed by atoms with E-state index in [4.69, 9.17) is 4.74 Å². The number of hydrogen-bond donors (Lipinski definition) is 1. The second-order valence-electron chi connectivity index (χ2n) is 4.11. The molecule has 1 aliphatic heterocycles. The molecule has 1 heterocycles. The lowest BCUT2D eigenvalue weighted by atomic mass is 10.0. The summed E-state index contributed by atoms with van der Waals surface area (Å²) in [5, 5.41) is 3.25. The summed E-state index contributed by atoms with van der Waals surface area (Å²) in [6.45, 7) is 0.911. The number of ether oxygens (including phenoxy) is 1. The molecule has 0 saturated carbocycles. The Morgan fingerprint density at radius 3 is 2.65 bits per heavy atom. The van der Waals surface area contributed by atoms with Crippen LogP contribution in [0.4, 0.5) is 13.2 Å². The third kappa shape index (κ3) is 2.54. The van der Waals surface area contributed by atoms with Gasteiger partial charge in [-0.1, -0.05) is 6.07 Å². The highest BCUT2D eigenvalue weighted by Gasteiger charge is 2.34. The van der Waals surface area contributed by atoms with E-state index in [1.54, 1.807) is 0 Å². The van der Waals surface area contributed by atoms with Gasteiger partial charge in [0.15, 0.2) is 0 Å². The molecule has 1 N–H and O–H groups in total. The molecular formula is C12H14F3NO. The molecule has 1 unspecified atom stereocenters. The van der Waals surface area contributed by atoms with Crippen molar-refractivity contribution in [1.82, 2.24) is 5.32 Å². The summed E-state index contributed by atoms with van der Waals surface area (Å²) in [7, 11) is 1.26. The molecule has 17 heavy (non-hydrogen) atoms. The van der Waals surface area contributed by atoms with Gasteiger partial charge >= 0.3 is 6.18 Å².